The lowest BCUT2D eigenvalue weighted by atomic mass is 10.1. The second-order valence-corrected chi connectivity index (χ2v) is 5.09. The molecule has 0 aromatic carbocycles. The molecular formula is C13H4F6N6O. The summed E-state index contributed by atoms with van der Waals surface area (Å²) >= 11 is 0. The third kappa shape index (κ3) is 2.51. The highest BCUT2D eigenvalue weighted by molar-refractivity contribution is 5.81. The second-order valence-electron chi connectivity index (χ2n) is 5.09. The van der Waals surface area contributed by atoms with E-state index in [0.717, 1.165) is 23.2 Å². The lowest BCUT2D eigenvalue weighted by Gasteiger charge is -2.14. The first-order chi connectivity index (χ1) is 12.1. The van der Waals surface area contributed by atoms with E-state index in [-0.39, 0.29) is 23.4 Å². The van der Waals surface area contributed by atoms with E-state index in [1.54, 1.807) is 0 Å². The molecule has 4 aromatic heterocycles. The van der Waals surface area contributed by atoms with Gasteiger partial charge >= 0.3 is 12.4 Å². The van der Waals surface area contributed by atoms with E-state index in [2.05, 4.69) is 25.1 Å². The van der Waals surface area contributed by atoms with E-state index in [1.807, 2.05) is 0 Å². The largest absolute Gasteiger partial charge is 0.433 e. The normalized spacial score (nSPS) is 13.0. The molecule has 0 saturated heterocycles. The molecule has 0 aliphatic heterocycles. The van der Waals surface area contributed by atoms with Crippen LogP contribution in [0.3, 0.4) is 0 Å². The van der Waals surface area contributed by atoms with Crippen molar-refractivity contribution in [1.82, 2.24) is 29.5 Å². The standard InChI is InChI=1S/C13H4F6N6O/c14-12(15,16)6-1-8(13(17,18)19)23-9-5(6)2-20-11-22-7(3-25(9)11)10-24-21-4-26-10/h1-4H. The number of hydrogen-bond acceptors (Lipinski definition) is 6. The predicted molar refractivity (Wildman–Crippen MR) is 71.6 cm³/mol. The molecule has 4 rings (SSSR count). The smallest absolute Gasteiger partial charge is 0.422 e. The van der Waals surface area contributed by atoms with E-state index in [1.165, 1.54) is 0 Å². The summed E-state index contributed by atoms with van der Waals surface area (Å²) in [5.41, 5.74) is -3.76. The summed E-state index contributed by atoms with van der Waals surface area (Å²) in [6, 6.07) is -0.0499. The van der Waals surface area contributed by atoms with Crippen LogP contribution < -0.4 is 0 Å². The number of imidazole rings is 1. The van der Waals surface area contributed by atoms with Crippen molar-refractivity contribution >= 4 is 16.8 Å². The molecule has 13 heteroatoms. The number of pyridine rings is 1. The molecular weight excluding hydrogens is 370 g/mol. The van der Waals surface area contributed by atoms with Crippen molar-refractivity contribution < 1.29 is 30.8 Å². The SMILES string of the molecule is FC(F)(F)c1cc(C(F)(F)F)c2cnc3nc(-c4nnco4)cn3c2n1. The van der Waals surface area contributed by atoms with Crippen molar-refractivity contribution in [3.05, 3.63) is 36.1 Å². The molecule has 26 heavy (non-hydrogen) atoms. The monoisotopic (exact) mass is 374 g/mol. The number of hydrogen-bond donors (Lipinski definition) is 0. The Morgan fingerprint density at radius 3 is 2.38 bits per heavy atom. The summed E-state index contributed by atoms with van der Waals surface area (Å²) in [5.74, 6) is -0.252. The maximum atomic E-state index is 13.2. The van der Waals surface area contributed by atoms with Crippen molar-refractivity contribution in [2.24, 2.45) is 0 Å². The van der Waals surface area contributed by atoms with Crippen LogP contribution in [0.15, 0.2) is 29.3 Å². The highest BCUT2D eigenvalue weighted by Gasteiger charge is 2.39. The van der Waals surface area contributed by atoms with Crippen molar-refractivity contribution in [3.63, 3.8) is 0 Å². The van der Waals surface area contributed by atoms with Crippen LogP contribution in [-0.4, -0.2) is 29.5 Å². The summed E-state index contributed by atoms with van der Waals surface area (Å²) in [4.78, 5) is 11.0. The molecule has 0 aliphatic rings. The van der Waals surface area contributed by atoms with Gasteiger partial charge in [0.2, 0.25) is 12.2 Å². The topological polar surface area (TPSA) is 82.0 Å². The average molecular weight is 374 g/mol. The summed E-state index contributed by atoms with van der Waals surface area (Å²) in [7, 11) is 0. The molecule has 0 atom stereocenters. The van der Waals surface area contributed by atoms with Crippen LogP contribution in [0.1, 0.15) is 11.3 Å². The third-order valence-corrected chi connectivity index (χ3v) is 3.44. The highest BCUT2D eigenvalue weighted by atomic mass is 19.4. The summed E-state index contributed by atoms with van der Waals surface area (Å²) in [5, 5.41) is 6.39. The van der Waals surface area contributed by atoms with Gasteiger partial charge in [-0.05, 0) is 6.07 Å². The van der Waals surface area contributed by atoms with Crippen LogP contribution >= 0.6 is 0 Å². The fraction of sp³-hybridized carbons (Fsp3) is 0.154. The van der Waals surface area contributed by atoms with Gasteiger partial charge in [0.15, 0.2) is 0 Å². The van der Waals surface area contributed by atoms with E-state index < -0.39 is 34.6 Å². The molecule has 0 bridgehead atoms. The number of alkyl halides is 6. The first-order valence-electron chi connectivity index (χ1n) is 6.74. The van der Waals surface area contributed by atoms with Crippen molar-refractivity contribution in [2.45, 2.75) is 12.4 Å². The summed E-state index contributed by atoms with van der Waals surface area (Å²) < 4.78 is 84.5. The zero-order valence-electron chi connectivity index (χ0n) is 12.2. The van der Waals surface area contributed by atoms with Gasteiger partial charge < -0.3 is 4.42 Å². The fourth-order valence-electron chi connectivity index (χ4n) is 2.36. The second kappa shape index (κ2) is 5.12. The summed E-state index contributed by atoms with van der Waals surface area (Å²) in [6.45, 7) is 0. The van der Waals surface area contributed by atoms with Gasteiger partial charge in [0.05, 0.1) is 5.56 Å². The Labute approximate surface area is 138 Å². The first-order valence-corrected chi connectivity index (χ1v) is 6.74. The van der Waals surface area contributed by atoms with Crippen molar-refractivity contribution in [1.29, 1.82) is 0 Å². The van der Waals surface area contributed by atoms with Crippen LogP contribution in [0.2, 0.25) is 0 Å². The lowest BCUT2D eigenvalue weighted by Crippen LogP contribution is -2.15. The quantitative estimate of drug-likeness (QED) is 0.475. The molecule has 4 aromatic rings. The van der Waals surface area contributed by atoms with Gasteiger partial charge in [-0.3, -0.25) is 4.40 Å². The van der Waals surface area contributed by atoms with Gasteiger partial charge in [-0.2, -0.15) is 26.3 Å². The van der Waals surface area contributed by atoms with E-state index in [0.29, 0.717) is 0 Å². The Morgan fingerprint density at radius 2 is 1.77 bits per heavy atom. The number of nitrogens with zero attached hydrogens (tertiary/aromatic N) is 6. The maximum absolute atomic E-state index is 13.2. The van der Waals surface area contributed by atoms with Crippen molar-refractivity contribution in [3.8, 4) is 11.6 Å². The van der Waals surface area contributed by atoms with Crippen LogP contribution in [0, 0.1) is 0 Å². The average Bonchev–Trinajstić information content (AvgIpc) is 3.20. The van der Waals surface area contributed by atoms with Crippen LogP contribution in [0.25, 0.3) is 28.4 Å². The molecule has 7 nitrogen and oxygen atoms in total. The molecule has 0 N–H and O–H groups in total. The Balaban J connectivity index is 2.09. The number of fused-ring (bicyclic) bond motifs is 3. The predicted octanol–water partition coefficient (Wildman–Crippen LogP) is 3.37. The Morgan fingerprint density at radius 1 is 1.00 bits per heavy atom. The zero-order chi connectivity index (χ0) is 18.7. The molecule has 0 aliphatic carbocycles. The van der Waals surface area contributed by atoms with Gasteiger partial charge in [0, 0.05) is 17.8 Å². The molecule has 0 fully saturated rings. The van der Waals surface area contributed by atoms with Crippen LogP contribution in [0.5, 0.6) is 0 Å². The number of halogens is 6. The zero-order valence-corrected chi connectivity index (χ0v) is 12.2. The molecule has 0 amide bonds. The van der Waals surface area contributed by atoms with Gasteiger partial charge in [-0.1, -0.05) is 0 Å². The first kappa shape index (κ1) is 16.2. The molecule has 0 radical (unpaired) electrons. The van der Waals surface area contributed by atoms with Crippen LogP contribution in [0.4, 0.5) is 26.3 Å². The van der Waals surface area contributed by atoms with Gasteiger partial charge in [-0.15, -0.1) is 10.2 Å². The Hall–Kier alpha value is -3.25. The van der Waals surface area contributed by atoms with Gasteiger partial charge in [-0.25, -0.2) is 15.0 Å². The molecule has 0 spiro atoms. The van der Waals surface area contributed by atoms with E-state index in [4.69, 9.17) is 4.42 Å². The Bertz CT molecular complexity index is 1110. The lowest BCUT2D eigenvalue weighted by molar-refractivity contribution is -0.144. The molecule has 134 valence electrons. The highest BCUT2D eigenvalue weighted by Crippen LogP contribution is 2.38. The van der Waals surface area contributed by atoms with Crippen LogP contribution in [-0.2, 0) is 12.4 Å². The van der Waals surface area contributed by atoms with E-state index >= 15 is 0 Å². The molecule has 4 heterocycles. The van der Waals surface area contributed by atoms with E-state index in [9.17, 15) is 26.3 Å². The minimum Gasteiger partial charge on any atom is -0.422 e. The maximum Gasteiger partial charge on any atom is 0.433 e. The molecule has 0 unspecified atom stereocenters. The minimum absolute atomic E-state index is 0.0234. The van der Waals surface area contributed by atoms with Gasteiger partial charge in [0.1, 0.15) is 17.0 Å². The summed E-state index contributed by atoms with van der Waals surface area (Å²) in [6.07, 6.45) is -7.23. The fourth-order valence-corrected chi connectivity index (χ4v) is 2.36. The Kier molecular flexibility index (Phi) is 3.20. The van der Waals surface area contributed by atoms with Crippen molar-refractivity contribution in [2.75, 3.05) is 0 Å². The minimum atomic E-state index is -5.07. The van der Waals surface area contributed by atoms with Gasteiger partial charge in [0.25, 0.3) is 5.89 Å². The number of rotatable bonds is 1. The number of aromatic nitrogens is 6. The third-order valence-electron chi connectivity index (χ3n) is 3.44. The molecule has 0 saturated carbocycles.